The zero-order valence-corrected chi connectivity index (χ0v) is 17.1. The lowest BCUT2D eigenvalue weighted by molar-refractivity contribution is 0.0714. The van der Waals surface area contributed by atoms with Gasteiger partial charge in [-0.05, 0) is 43.9 Å². The van der Waals surface area contributed by atoms with Crippen molar-refractivity contribution in [1.29, 1.82) is 0 Å². The number of pyridine rings is 1. The average Bonchev–Trinajstić information content (AvgIpc) is 3.30. The smallest absolute Gasteiger partial charge is 0.264 e. The fraction of sp³-hybridized carbons (Fsp3) is 0.500. The lowest BCUT2D eigenvalue weighted by Gasteiger charge is -2.32. The van der Waals surface area contributed by atoms with E-state index < -0.39 is 0 Å². The maximum absolute atomic E-state index is 13.2. The first-order chi connectivity index (χ1) is 13.6. The molecule has 8 heteroatoms. The Kier molecular flexibility index (Phi) is 4.40. The number of amides is 1. The summed E-state index contributed by atoms with van der Waals surface area (Å²) in [5.74, 6) is 2.66. The van der Waals surface area contributed by atoms with Crippen LogP contribution in [0, 0.1) is 13.8 Å². The van der Waals surface area contributed by atoms with Crippen LogP contribution in [-0.2, 0) is 13.1 Å². The van der Waals surface area contributed by atoms with Gasteiger partial charge in [0.15, 0.2) is 0 Å². The number of nitrogens with one attached hydrogen (secondary N) is 1. The van der Waals surface area contributed by atoms with Crippen molar-refractivity contribution in [3.8, 4) is 0 Å². The quantitative estimate of drug-likeness (QED) is 0.721. The molecule has 2 aliphatic heterocycles. The first-order valence-corrected chi connectivity index (χ1v) is 10.7. The number of thiophene rings is 1. The van der Waals surface area contributed by atoms with Crippen molar-refractivity contribution in [2.75, 3.05) is 19.6 Å². The molecule has 3 aromatic heterocycles. The summed E-state index contributed by atoms with van der Waals surface area (Å²) in [6.45, 7) is 8.36. The number of piperidine rings is 1. The molecule has 1 fully saturated rings. The number of hydrogen-bond donors (Lipinski definition) is 1. The summed E-state index contributed by atoms with van der Waals surface area (Å²) in [6, 6.07) is 2.01. The van der Waals surface area contributed by atoms with E-state index in [2.05, 4.69) is 32.0 Å². The molecule has 0 atom stereocenters. The summed E-state index contributed by atoms with van der Waals surface area (Å²) in [6.07, 6.45) is 3.71. The topological polar surface area (TPSA) is 75.9 Å². The van der Waals surface area contributed by atoms with Crippen LogP contribution in [0.15, 0.2) is 12.3 Å². The molecule has 0 radical (unpaired) electrons. The molecule has 146 valence electrons. The minimum atomic E-state index is 0.144. The van der Waals surface area contributed by atoms with Crippen molar-refractivity contribution in [2.45, 2.75) is 45.7 Å². The van der Waals surface area contributed by atoms with Crippen LogP contribution in [0.25, 0.3) is 10.2 Å². The molecule has 1 N–H and O–H groups in total. The molecule has 0 aromatic carbocycles. The van der Waals surface area contributed by atoms with Crippen molar-refractivity contribution >= 4 is 27.5 Å². The van der Waals surface area contributed by atoms with Gasteiger partial charge in [0.25, 0.3) is 5.91 Å². The van der Waals surface area contributed by atoms with Crippen LogP contribution in [-0.4, -0.2) is 50.2 Å². The Hall–Kier alpha value is -2.32. The van der Waals surface area contributed by atoms with E-state index in [0.29, 0.717) is 5.92 Å². The molecule has 7 nitrogen and oxygen atoms in total. The molecule has 2 aliphatic rings. The highest BCUT2D eigenvalue weighted by molar-refractivity contribution is 7.20. The Bertz CT molecular complexity index is 1050. The number of rotatable bonds is 2. The third kappa shape index (κ3) is 2.82. The minimum absolute atomic E-state index is 0.144. The highest BCUT2D eigenvalue weighted by Gasteiger charge is 2.30. The molecule has 5 rings (SSSR count). The maximum atomic E-state index is 13.2. The lowest BCUT2D eigenvalue weighted by Crippen LogP contribution is -2.38. The Morgan fingerprint density at radius 1 is 1.21 bits per heavy atom. The Labute approximate surface area is 167 Å². The Morgan fingerprint density at radius 3 is 2.82 bits per heavy atom. The zero-order chi connectivity index (χ0) is 19.3. The first kappa shape index (κ1) is 17.8. The molecule has 1 amide bonds. The summed E-state index contributed by atoms with van der Waals surface area (Å²) < 4.78 is 2.27. The van der Waals surface area contributed by atoms with E-state index in [1.807, 2.05) is 24.1 Å². The average molecular weight is 397 g/mol. The number of nitrogens with zero attached hydrogens (tertiary/aromatic N) is 5. The van der Waals surface area contributed by atoms with E-state index in [1.165, 1.54) is 16.9 Å². The van der Waals surface area contributed by atoms with Gasteiger partial charge >= 0.3 is 0 Å². The minimum Gasteiger partial charge on any atom is -0.338 e. The van der Waals surface area contributed by atoms with Gasteiger partial charge in [-0.25, -0.2) is 4.98 Å². The molecular formula is C20H24N6OS. The lowest BCUT2D eigenvalue weighted by atomic mass is 9.95. The van der Waals surface area contributed by atoms with E-state index in [4.69, 9.17) is 0 Å². The van der Waals surface area contributed by atoms with E-state index >= 15 is 0 Å². The third-order valence-electron chi connectivity index (χ3n) is 6.03. The molecule has 5 heterocycles. The van der Waals surface area contributed by atoms with E-state index in [0.717, 1.165) is 77.9 Å². The molecule has 0 saturated carbocycles. The predicted octanol–water partition coefficient (Wildman–Crippen LogP) is 2.63. The summed E-state index contributed by atoms with van der Waals surface area (Å²) in [4.78, 5) is 21.4. The van der Waals surface area contributed by atoms with Crippen LogP contribution in [0.5, 0.6) is 0 Å². The summed E-state index contributed by atoms with van der Waals surface area (Å²) >= 11 is 1.52. The van der Waals surface area contributed by atoms with Crippen molar-refractivity contribution in [2.24, 2.45) is 0 Å². The van der Waals surface area contributed by atoms with Gasteiger partial charge in [-0.3, -0.25) is 4.79 Å². The third-order valence-corrected chi connectivity index (χ3v) is 7.22. The number of carbonyl (C=O) groups is 1. The van der Waals surface area contributed by atoms with E-state index in [1.54, 1.807) is 0 Å². The standard InChI is InChI=1S/C20H24N6OS/c1-12-3-6-22-19-16(12)13(2)17(28-19)20(27)25-8-4-14(5-9-25)18-24-23-15-11-21-7-10-26(15)18/h3,6,14,21H,4-5,7-11H2,1-2H3. The van der Waals surface area contributed by atoms with Gasteiger partial charge in [0.2, 0.25) is 0 Å². The predicted molar refractivity (Wildman–Crippen MR) is 109 cm³/mol. The van der Waals surface area contributed by atoms with E-state index in [-0.39, 0.29) is 5.91 Å². The number of likely N-dealkylation sites (tertiary alicyclic amines) is 1. The van der Waals surface area contributed by atoms with Crippen LogP contribution in [0.4, 0.5) is 0 Å². The normalized spacial score (nSPS) is 17.9. The second kappa shape index (κ2) is 6.93. The van der Waals surface area contributed by atoms with E-state index in [9.17, 15) is 4.79 Å². The largest absolute Gasteiger partial charge is 0.338 e. The molecule has 3 aromatic rings. The van der Waals surface area contributed by atoms with Gasteiger partial charge in [0, 0.05) is 43.7 Å². The van der Waals surface area contributed by atoms with Gasteiger partial charge in [-0.15, -0.1) is 21.5 Å². The molecule has 0 unspecified atom stereocenters. The molecular weight excluding hydrogens is 372 g/mol. The molecule has 1 saturated heterocycles. The van der Waals surface area contributed by atoms with Gasteiger partial charge in [0.05, 0.1) is 11.4 Å². The second-order valence-corrected chi connectivity index (χ2v) is 8.73. The zero-order valence-electron chi connectivity index (χ0n) is 16.2. The van der Waals surface area contributed by atoms with Gasteiger partial charge in [-0.1, -0.05) is 0 Å². The summed E-state index contributed by atoms with van der Waals surface area (Å²) in [5, 5.41) is 13.3. The fourth-order valence-corrected chi connectivity index (χ4v) is 5.65. The molecule has 0 aliphatic carbocycles. The van der Waals surface area contributed by atoms with Crippen LogP contribution < -0.4 is 5.32 Å². The van der Waals surface area contributed by atoms with Crippen LogP contribution in [0.2, 0.25) is 0 Å². The highest BCUT2D eigenvalue weighted by Crippen LogP contribution is 2.34. The summed E-state index contributed by atoms with van der Waals surface area (Å²) in [7, 11) is 0. The monoisotopic (exact) mass is 396 g/mol. The fourth-order valence-electron chi connectivity index (χ4n) is 4.46. The number of hydrogen-bond acceptors (Lipinski definition) is 6. The van der Waals surface area contributed by atoms with Crippen LogP contribution >= 0.6 is 11.3 Å². The van der Waals surface area contributed by atoms with Crippen molar-refractivity contribution < 1.29 is 4.79 Å². The van der Waals surface area contributed by atoms with Crippen molar-refractivity contribution in [3.05, 3.63) is 39.9 Å². The first-order valence-electron chi connectivity index (χ1n) is 9.90. The summed E-state index contributed by atoms with van der Waals surface area (Å²) in [5.41, 5.74) is 2.25. The molecule has 28 heavy (non-hydrogen) atoms. The maximum Gasteiger partial charge on any atom is 0.264 e. The Balaban J connectivity index is 1.33. The van der Waals surface area contributed by atoms with Crippen molar-refractivity contribution in [3.63, 3.8) is 0 Å². The molecule has 0 bridgehead atoms. The van der Waals surface area contributed by atoms with Gasteiger partial charge in [0.1, 0.15) is 16.5 Å². The highest BCUT2D eigenvalue weighted by atomic mass is 32.1. The van der Waals surface area contributed by atoms with Crippen LogP contribution in [0.1, 0.15) is 51.2 Å². The number of carbonyl (C=O) groups excluding carboxylic acids is 1. The second-order valence-electron chi connectivity index (χ2n) is 7.73. The van der Waals surface area contributed by atoms with Gasteiger partial charge in [-0.2, -0.15) is 0 Å². The molecule has 0 spiro atoms. The number of fused-ring (bicyclic) bond motifs is 2. The number of aryl methyl sites for hydroxylation is 2. The van der Waals surface area contributed by atoms with Crippen molar-refractivity contribution in [1.82, 2.24) is 30.0 Å². The Morgan fingerprint density at radius 2 is 2.04 bits per heavy atom. The number of aromatic nitrogens is 4. The SMILES string of the molecule is Cc1ccnc2sc(C(=O)N3CCC(c4nnc5n4CCNC5)CC3)c(C)c12. The van der Waals surface area contributed by atoms with Crippen LogP contribution in [0.3, 0.4) is 0 Å². The van der Waals surface area contributed by atoms with Gasteiger partial charge < -0.3 is 14.8 Å².